The number of rotatable bonds is 10. The zero-order valence-corrected chi connectivity index (χ0v) is 11.9. The molecule has 0 rings (SSSR count). The molecular formula is C13H29N3O. The highest BCUT2D eigenvalue weighted by Gasteiger charge is 2.02. The summed E-state index contributed by atoms with van der Waals surface area (Å²) in [6.45, 7) is 13.9. The Bertz CT molecular complexity index is 191. The molecule has 0 heterocycles. The van der Waals surface area contributed by atoms with Crippen LogP contribution < -0.4 is 10.6 Å². The lowest BCUT2D eigenvalue weighted by atomic mass is 10.1. The zero-order valence-electron chi connectivity index (χ0n) is 11.9. The number of nitrogens with zero attached hydrogens (tertiary/aromatic N) is 1. The quantitative estimate of drug-likeness (QED) is 0.564. The standard InChI is InChI=1S/C13H29N3O/c1-5-16(6-2)10-9-14-11-13(17)15-8-7-12(3)4/h12,14H,5-11H2,1-4H3,(H,15,17). The minimum absolute atomic E-state index is 0.102. The summed E-state index contributed by atoms with van der Waals surface area (Å²) in [5.41, 5.74) is 0. The molecule has 0 radical (unpaired) electrons. The number of carbonyl (C=O) groups is 1. The first-order chi connectivity index (χ1) is 8.10. The van der Waals surface area contributed by atoms with E-state index in [0.717, 1.165) is 39.1 Å². The molecule has 0 aromatic carbocycles. The van der Waals surface area contributed by atoms with Gasteiger partial charge in [-0.2, -0.15) is 0 Å². The van der Waals surface area contributed by atoms with E-state index < -0.39 is 0 Å². The summed E-state index contributed by atoms with van der Waals surface area (Å²) in [4.78, 5) is 13.8. The van der Waals surface area contributed by atoms with E-state index in [9.17, 15) is 4.79 Å². The van der Waals surface area contributed by atoms with Crippen LogP contribution in [0.25, 0.3) is 0 Å². The molecular weight excluding hydrogens is 214 g/mol. The van der Waals surface area contributed by atoms with Crippen molar-refractivity contribution in [3.63, 3.8) is 0 Å². The molecule has 4 heteroatoms. The van der Waals surface area contributed by atoms with Crippen molar-refractivity contribution >= 4 is 5.91 Å². The third-order valence-electron chi connectivity index (χ3n) is 2.83. The summed E-state index contributed by atoms with van der Waals surface area (Å²) < 4.78 is 0. The van der Waals surface area contributed by atoms with Crippen molar-refractivity contribution < 1.29 is 4.79 Å². The van der Waals surface area contributed by atoms with Gasteiger partial charge in [-0.25, -0.2) is 0 Å². The molecule has 102 valence electrons. The summed E-state index contributed by atoms with van der Waals surface area (Å²) >= 11 is 0. The van der Waals surface area contributed by atoms with E-state index in [2.05, 4.69) is 43.2 Å². The van der Waals surface area contributed by atoms with Crippen molar-refractivity contribution in [1.82, 2.24) is 15.5 Å². The van der Waals surface area contributed by atoms with Crippen LogP contribution in [0.4, 0.5) is 0 Å². The maximum atomic E-state index is 11.4. The normalized spacial score (nSPS) is 11.2. The zero-order chi connectivity index (χ0) is 13.1. The smallest absolute Gasteiger partial charge is 0.233 e. The molecule has 0 fully saturated rings. The second-order valence-electron chi connectivity index (χ2n) is 4.74. The molecule has 0 spiro atoms. The molecule has 0 aliphatic rings. The average molecular weight is 243 g/mol. The van der Waals surface area contributed by atoms with Crippen molar-refractivity contribution in [3.05, 3.63) is 0 Å². The predicted octanol–water partition coefficient (Wildman–Crippen LogP) is 1.08. The van der Waals surface area contributed by atoms with Crippen LogP contribution in [-0.4, -0.2) is 50.1 Å². The van der Waals surface area contributed by atoms with Crippen molar-refractivity contribution in [1.29, 1.82) is 0 Å². The molecule has 0 bridgehead atoms. The lowest BCUT2D eigenvalue weighted by Gasteiger charge is -2.17. The van der Waals surface area contributed by atoms with Gasteiger partial charge in [-0.3, -0.25) is 4.79 Å². The average Bonchev–Trinajstić information content (AvgIpc) is 2.29. The van der Waals surface area contributed by atoms with Gasteiger partial charge in [0, 0.05) is 19.6 Å². The summed E-state index contributed by atoms with van der Waals surface area (Å²) in [5, 5.41) is 6.08. The maximum Gasteiger partial charge on any atom is 0.233 e. The van der Waals surface area contributed by atoms with Crippen LogP contribution >= 0.6 is 0 Å². The second-order valence-corrected chi connectivity index (χ2v) is 4.74. The molecule has 0 saturated carbocycles. The Morgan fingerprint density at radius 2 is 1.82 bits per heavy atom. The fourth-order valence-electron chi connectivity index (χ4n) is 1.54. The summed E-state index contributed by atoms with van der Waals surface area (Å²) in [5.74, 6) is 0.746. The Morgan fingerprint density at radius 3 is 2.35 bits per heavy atom. The van der Waals surface area contributed by atoms with Crippen LogP contribution in [0.1, 0.15) is 34.1 Å². The summed E-state index contributed by atoms with van der Waals surface area (Å²) in [7, 11) is 0. The Morgan fingerprint density at radius 1 is 1.18 bits per heavy atom. The summed E-state index contributed by atoms with van der Waals surface area (Å²) in [6.07, 6.45) is 1.05. The van der Waals surface area contributed by atoms with Gasteiger partial charge < -0.3 is 15.5 Å². The molecule has 0 atom stereocenters. The number of carbonyl (C=O) groups excluding carboxylic acids is 1. The summed E-state index contributed by atoms with van der Waals surface area (Å²) in [6, 6.07) is 0. The molecule has 0 aliphatic carbocycles. The Kier molecular flexibility index (Phi) is 10.2. The van der Waals surface area contributed by atoms with Gasteiger partial charge in [0.1, 0.15) is 0 Å². The molecule has 1 amide bonds. The van der Waals surface area contributed by atoms with E-state index in [1.165, 1.54) is 0 Å². The number of amides is 1. The van der Waals surface area contributed by atoms with Gasteiger partial charge in [-0.1, -0.05) is 27.7 Å². The van der Waals surface area contributed by atoms with Gasteiger partial charge in [0.05, 0.1) is 6.54 Å². The SMILES string of the molecule is CCN(CC)CCNCC(=O)NCCC(C)C. The van der Waals surface area contributed by atoms with Gasteiger partial charge in [0.25, 0.3) is 0 Å². The van der Waals surface area contributed by atoms with Gasteiger partial charge in [-0.05, 0) is 25.4 Å². The van der Waals surface area contributed by atoms with Crippen LogP contribution in [0, 0.1) is 5.92 Å². The van der Waals surface area contributed by atoms with E-state index in [1.807, 2.05) is 0 Å². The topological polar surface area (TPSA) is 44.4 Å². The van der Waals surface area contributed by atoms with Gasteiger partial charge in [0.2, 0.25) is 5.91 Å². The molecule has 17 heavy (non-hydrogen) atoms. The molecule has 0 aliphatic heterocycles. The number of hydrogen-bond donors (Lipinski definition) is 2. The Hall–Kier alpha value is -0.610. The van der Waals surface area contributed by atoms with Gasteiger partial charge >= 0.3 is 0 Å². The Balaban J connectivity index is 3.38. The second kappa shape index (κ2) is 10.5. The molecule has 0 aromatic rings. The molecule has 0 unspecified atom stereocenters. The molecule has 2 N–H and O–H groups in total. The maximum absolute atomic E-state index is 11.4. The molecule has 4 nitrogen and oxygen atoms in total. The van der Waals surface area contributed by atoms with Crippen LogP contribution in [0.3, 0.4) is 0 Å². The van der Waals surface area contributed by atoms with E-state index in [4.69, 9.17) is 0 Å². The van der Waals surface area contributed by atoms with Crippen molar-refractivity contribution in [3.8, 4) is 0 Å². The van der Waals surface area contributed by atoms with Crippen molar-refractivity contribution in [2.75, 3.05) is 39.3 Å². The molecule has 0 aromatic heterocycles. The highest BCUT2D eigenvalue weighted by Crippen LogP contribution is 1.95. The van der Waals surface area contributed by atoms with E-state index in [-0.39, 0.29) is 5.91 Å². The van der Waals surface area contributed by atoms with Crippen LogP contribution in [0.5, 0.6) is 0 Å². The minimum atomic E-state index is 0.102. The fraction of sp³-hybridized carbons (Fsp3) is 0.923. The number of nitrogens with one attached hydrogen (secondary N) is 2. The monoisotopic (exact) mass is 243 g/mol. The molecule has 0 saturated heterocycles. The van der Waals surface area contributed by atoms with Crippen LogP contribution in [0.2, 0.25) is 0 Å². The van der Waals surface area contributed by atoms with E-state index >= 15 is 0 Å². The number of hydrogen-bond acceptors (Lipinski definition) is 3. The van der Waals surface area contributed by atoms with Crippen LogP contribution in [0.15, 0.2) is 0 Å². The first-order valence-electron chi connectivity index (χ1n) is 6.79. The number of likely N-dealkylation sites (N-methyl/N-ethyl adjacent to an activating group) is 1. The highest BCUT2D eigenvalue weighted by molar-refractivity contribution is 5.77. The van der Waals surface area contributed by atoms with E-state index in [1.54, 1.807) is 0 Å². The largest absolute Gasteiger partial charge is 0.355 e. The van der Waals surface area contributed by atoms with Gasteiger partial charge in [-0.15, -0.1) is 0 Å². The van der Waals surface area contributed by atoms with Gasteiger partial charge in [0.15, 0.2) is 0 Å². The first kappa shape index (κ1) is 16.4. The lowest BCUT2D eigenvalue weighted by Crippen LogP contribution is -2.38. The van der Waals surface area contributed by atoms with E-state index in [0.29, 0.717) is 12.5 Å². The minimum Gasteiger partial charge on any atom is -0.355 e. The van der Waals surface area contributed by atoms with Crippen LogP contribution in [-0.2, 0) is 4.79 Å². The highest BCUT2D eigenvalue weighted by atomic mass is 16.1. The third-order valence-corrected chi connectivity index (χ3v) is 2.83. The Labute approximate surface area is 106 Å². The van der Waals surface area contributed by atoms with Crippen molar-refractivity contribution in [2.45, 2.75) is 34.1 Å². The third kappa shape index (κ3) is 10.3. The first-order valence-corrected chi connectivity index (χ1v) is 6.79. The predicted molar refractivity (Wildman–Crippen MR) is 73.1 cm³/mol. The fourth-order valence-corrected chi connectivity index (χ4v) is 1.54. The lowest BCUT2D eigenvalue weighted by molar-refractivity contribution is -0.120. The van der Waals surface area contributed by atoms with Crippen molar-refractivity contribution in [2.24, 2.45) is 5.92 Å².